The summed E-state index contributed by atoms with van der Waals surface area (Å²) in [5.74, 6) is -0.0197. The molecule has 0 aromatic heterocycles. The zero-order valence-electron chi connectivity index (χ0n) is 14.1. The van der Waals surface area contributed by atoms with Crippen molar-refractivity contribution in [2.75, 3.05) is 7.11 Å². The van der Waals surface area contributed by atoms with Gasteiger partial charge in [0.15, 0.2) is 6.10 Å². The molecule has 24 heavy (non-hydrogen) atoms. The van der Waals surface area contributed by atoms with Gasteiger partial charge in [-0.1, -0.05) is 67.1 Å². The Kier molecular flexibility index (Phi) is 5.65. The highest BCUT2D eigenvalue weighted by molar-refractivity contribution is 5.76. The molecule has 3 nitrogen and oxygen atoms in total. The standard InChI is InChI=1S/C21H24O3/c1-23-20(17-12-6-3-7-13-17)21(22)24-19-15-9-8-14-18(19)16-10-4-2-5-11-16/h2-7,10-13,18-20H,8-9,14-15H2,1H3/t18-,19+,20?/m0/s1. The van der Waals surface area contributed by atoms with Crippen LogP contribution in [0.5, 0.6) is 0 Å². The molecule has 3 atom stereocenters. The van der Waals surface area contributed by atoms with Gasteiger partial charge in [0.05, 0.1) is 0 Å². The fourth-order valence-electron chi connectivity index (χ4n) is 3.53. The molecular weight excluding hydrogens is 300 g/mol. The van der Waals surface area contributed by atoms with Gasteiger partial charge in [0, 0.05) is 13.0 Å². The summed E-state index contributed by atoms with van der Waals surface area (Å²) in [6, 6.07) is 19.9. The summed E-state index contributed by atoms with van der Waals surface area (Å²) in [4.78, 5) is 12.7. The highest BCUT2D eigenvalue weighted by Gasteiger charge is 2.32. The van der Waals surface area contributed by atoms with Crippen molar-refractivity contribution in [2.24, 2.45) is 0 Å². The third-order valence-corrected chi connectivity index (χ3v) is 4.75. The summed E-state index contributed by atoms with van der Waals surface area (Å²) >= 11 is 0. The zero-order valence-corrected chi connectivity index (χ0v) is 14.1. The van der Waals surface area contributed by atoms with E-state index in [9.17, 15) is 4.79 Å². The van der Waals surface area contributed by atoms with E-state index in [4.69, 9.17) is 9.47 Å². The lowest BCUT2D eigenvalue weighted by Gasteiger charge is -2.32. The van der Waals surface area contributed by atoms with Gasteiger partial charge < -0.3 is 9.47 Å². The smallest absolute Gasteiger partial charge is 0.340 e. The summed E-state index contributed by atoms with van der Waals surface area (Å²) in [5, 5.41) is 0. The second-order valence-corrected chi connectivity index (χ2v) is 6.30. The monoisotopic (exact) mass is 324 g/mol. The van der Waals surface area contributed by atoms with Crippen LogP contribution in [0.3, 0.4) is 0 Å². The molecule has 0 spiro atoms. The minimum atomic E-state index is -0.662. The van der Waals surface area contributed by atoms with Crippen LogP contribution in [-0.4, -0.2) is 19.2 Å². The van der Waals surface area contributed by atoms with E-state index in [0.717, 1.165) is 24.8 Å². The molecule has 1 aliphatic rings. The first-order valence-electron chi connectivity index (χ1n) is 8.63. The quantitative estimate of drug-likeness (QED) is 0.751. The van der Waals surface area contributed by atoms with Gasteiger partial charge in [-0.3, -0.25) is 0 Å². The molecule has 3 heteroatoms. The topological polar surface area (TPSA) is 35.5 Å². The number of ether oxygens (including phenoxy) is 2. The third-order valence-electron chi connectivity index (χ3n) is 4.75. The van der Waals surface area contributed by atoms with Crippen LogP contribution in [0.4, 0.5) is 0 Å². The average Bonchev–Trinajstić information content (AvgIpc) is 2.64. The molecule has 1 unspecified atom stereocenters. The van der Waals surface area contributed by atoms with E-state index in [-0.39, 0.29) is 18.0 Å². The van der Waals surface area contributed by atoms with Crippen molar-refractivity contribution in [1.82, 2.24) is 0 Å². The number of hydrogen-bond donors (Lipinski definition) is 0. The molecule has 0 N–H and O–H groups in total. The molecule has 126 valence electrons. The lowest BCUT2D eigenvalue weighted by Crippen LogP contribution is -2.31. The van der Waals surface area contributed by atoms with E-state index in [2.05, 4.69) is 12.1 Å². The summed E-state index contributed by atoms with van der Waals surface area (Å²) in [6.45, 7) is 0. The van der Waals surface area contributed by atoms with Crippen molar-refractivity contribution < 1.29 is 14.3 Å². The number of hydrogen-bond acceptors (Lipinski definition) is 3. The largest absolute Gasteiger partial charge is 0.460 e. The van der Waals surface area contributed by atoms with Crippen LogP contribution in [0, 0.1) is 0 Å². The van der Waals surface area contributed by atoms with Gasteiger partial charge in [0.1, 0.15) is 6.10 Å². The van der Waals surface area contributed by atoms with Crippen LogP contribution in [-0.2, 0) is 14.3 Å². The number of methoxy groups -OCH3 is 1. The molecule has 0 heterocycles. The van der Waals surface area contributed by atoms with Gasteiger partial charge in [-0.05, 0) is 30.4 Å². The first-order chi connectivity index (χ1) is 11.8. The lowest BCUT2D eigenvalue weighted by molar-refractivity contribution is -0.164. The maximum atomic E-state index is 12.7. The fraction of sp³-hybridized carbons (Fsp3) is 0.381. The van der Waals surface area contributed by atoms with Gasteiger partial charge in [0.25, 0.3) is 0 Å². The second-order valence-electron chi connectivity index (χ2n) is 6.30. The van der Waals surface area contributed by atoms with Gasteiger partial charge in [-0.2, -0.15) is 0 Å². The van der Waals surface area contributed by atoms with Crippen LogP contribution in [0.2, 0.25) is 0 Å². The highest BCUT2D eigenvalue weighted by atomic mass is 16.6. The highest BCUT2D eigenvalue weighted by Crippen LogP contribution is 2.36. The molecule has 2 aromatic carbocycles. The summed E-state index contributed by atoms with van der Waals surface area (Å²) < 4.78 is 11.3. The van der Waals surface area contributed by atoms with Crippen LogP contribution < -0.4 is 0 Å². The van der Waals surface area contributed by atoms with Gasteiger partial charge in [-0.15, -0.1) is 0 Å². The van der Waals surface area contributed by atoms with E-state index in [1.165, 1.54) is 12.0 Å². The maximum Gasteiger partial charge on any atom is 0.340 e. The molecule has 1 fully saturated rings. The minimum absolute atomic E-state index is 0.0741. The Balaban J connectivity index is 1.74. The third kappa shape index (κ3) is 3.85. The van der Waals surface area contributed by atoms with Gasteiger partial charge in [0.2, 0.25) is 0 Å². The van der Waals surface area contributed by atoms with Crippen molar-refractivity contribution in [3.8, 4) is 0 Å². The SMILES string of the molecule is COC(C(=O)O[C@@H]1CCCC[C@H]1c1ccccc1)c1ccccc1. The molecular formula is C21H24O3. The van der Waals surface area contributed by atoms with E-state index < -0.39 is 6.10 Å². The van der Waals surface area contributed by atoms with E-state index in [1.807, 2.05) is 48.5 Å². The van der Waals surface area contributed by atoms with Crippen molar-refractivity contribution in [3.05, 3.63) is 71.8 Å². The van der Waals surface area contributed by atoms with Crippen LogP contribution in [0.25, 0.3) is 0 Å². The molecule has 3 rings (SSSR count). The van der Waals surface area contributed by atoms with E-state index in [0.29, 0.717) is 0 Å². The summed E-state index contributed by atoms with van der Waals surface area (Å²) in [7, 11) is 1.55. The van der Waals surface area contributed by atoms with E-state index >= 15 is 0 Å². The Hall–Kier alpha value is -2.13. The first-order valence-corrected chi connectivity index (χ1v) is 8.63. The molecule has 0 saturated heterocycles. The number of carbonyl (C=O) groups excluding carboxylic acids is 1. The summed E-state index contributed by atoms with van der Waals surface area (Å²) in [6.07, 6.45) is 3.52. The predicted octanol–water partition coefficient (Wildman–Crippen LogP) is 4.64. The zero-order chi connectivity index (χ0) is 16.8. The Labute approximate surface area is 143 Å². The molecule has 1 aliphatic carbocycles. The lowest BCUT2D eigenvalue weighted by atomic mass is 9.81. The van der Waals surface area contributed by atoms with Crippen LogP contribution in [0.1, 0.15) is 48.8 Å². The van der Waals surface area contributed by atoms with Crippen molar-refractivity contribution >= 4 is 5.97 Å². The van der Waals surface area contributed by atoms with Crippen molar-refractivity contribution in [2.45, 2.75) is 43.8 Å². The number of carbonyl (C=O) groups is 1. The van der Waals surface area contributed by atoms with Crippen molar-refractivity contribution in [1.29, 1.82) is 0 Å². The Bertz CT molecular complexity index is 639. The fourth-order valence-corrected chi connectivity index (χ4v) is 3.53. The molecule has 0 aliphatic heterocycles. The first kappa shape index (κ1) is 16.7. The summed E-state index contributed by atoms with van der Waals surface area (Å²) in [5.41, 5.74) is 2.08. The number of esters is 1. The molecule has 0 amide bonds. The number of rotatable bonds is 5. The number of benzene rings is 2. The van der Waals surface area contributed by atoms with E-state index in [1.54, 1.807) is 7.11 Å². The molecule has 2 aromatic rings. The molecule has 0 radical (unpaired) electrons. The van der Waals surface area contributed by atoms with Crippen molar-refractivity contribution in [3.63, 3.8) is 0 Å². The van der Waals surface area contributed by atoms with Crippen LogP contribution in [0.15, 0.2) is 60.7 Å². The second kappa shape index (κ2) is 8.11. The van der Waals surface area contributed by atoms with Gasteiger partial charge >= 0.3 is 5.97 Å². The average molecular weight is 324 g/mol. The molecule has 0 bridgehead atoms. The Morgan fingerprint density at radius 3 is 2.25 bits per heavy atom. The Morgan fingerprint density at radius 1 is 0.958 bits per heavy atom. The van der Waals surface area contributed by atoms with Gasteiger partial charge in [-0.25, -0.2) is 4.79 Å². The van der Waals surface area contributed by atoms with Crippen LogP contribution >= 0.6 is 0 Å². The predicted molar refractivity (Wildman–Crippen MR) is 93.7 cm³/mol. The molecule has 1 saturated carbocycles. The normalized spacial score (nSPS) is 21.9. The Morgan fingerprint density at radius 2 is 1.58 bits per heavy atom. The maximum absolute atomic E-state index is 12.7. The minimum Gasteiger partial charge on any atom is -0.460 e.